The summed E-state index contributed by atoms with van der Waals surface area (Å²) in [5.41, 5.74) is 0. The molecule has 0 amide bonds. The lowest BCUT2D eigenvalue weighted by molar-refractivity contribution is 0.0935. The van der Waals surface area contributed by atoms with Crippen LogP contribution in [-0.4, -0.2) is 16.2 Å². The van der Waals surface area contributed by atoms with Crippen molar-refractivity contribution in [3.8, 4) is 0 Å². The minimum absolute atomic E-state index is 1.07. The molecular formula is C6H10IN. The molecule has 2 heterocycles. The van der Waals surface area contributed by atoms with E-state index >= 15 is 0 Å². The molecule has 1 saturated carbocycles. The van der Waals surface area contributed by atoms with Gasteiger partial charge in [-0.1, -0.05) is 0 Å². The SMILES string of the molecule is IN1CC2CC(C2)C1. The molecule has 0 N–H and O–H groups in total. The number of fused-ring (bicyclic) bond motifs is 2. The Morgan fingerprint density at radius 3 is 1.88 bits per heavy atom. The molecule has 8 heavy (non-hydrogen) atoms. The molecule has 3 rings (SSSR count). The summed E-state index contributed by atoms with van der Waals surface area (Å²) in [5, 5.41) is 0. The molecule has 3 aliphatic rings. The van der Waals surface area contributed by atoms with Gasteiger partial charge in [-0.25, -0.2) is 3.11 Å². The quantitative estimate of drug-likeness (QED) is 0.446. The van der Waals surface area contributed by atoms with Crippen molar-refractivity contribution in [2.75, 3.05) is 13.1 Å². The van der Waals surface area contributed by atoms with Gasteiger partial charge in [0.15, 0.2) is 0 Å². The zero-order valence-electron chi connectivity index (χ0n) is 4.81. The fourth-order valence-electron chi connectivity index (χ4n) is 1.81. The predicted octanol–water partition coefficient (Wildman–Crippen LogP) is 1.68. The maximum Gasteiger partial charge on any atom is 0.0201 e. The molecule has 0 aromatic carbocycles. The Bertz CT molecular complexity index is 88.7. The van der Waals surface area contributed by atoms with Gasteiger partial charge in [-0.3, -0.25) is 0 Å². The molecule has 0 aromatic rings. The number of hydrogen-bond acceptors (Lipinski definition) is 1. The molecule has 0 spiro atoms. The van der Waals surface area contributed by atoms with Gasteiger partial charge in [-0.2, -0.15) is 0 Å². The molecule has 46 valence electrons. The highest BCUT2D eigenvalue weighted by Crippen LogP contribution is 2.40. The molecule has 2 bridgehead atoms. The Kier molecular flexibility index (Phi) is 1.26. The third-order valence-electron chi connectivity index (χ3n) is 2.25. The topological polar surface area (TPSA) is 3.24 Å². The van der Waals surface area contributed by atoms with Gasteiger partial charge in [0.25, 0.3) is 0 Å². The average Bonchev–Trinajstić information content (AvgIpc) is 1.62. The van der Waals surface area contributed by atoms with Crippen LogP contribution < -0.4 is 0 Å². The van der Waals surface area contributed by atoms with Crippen molar-refractivity contribution in [2.45, 2.75) is 12.8 Å². The van der Waals surface area contributed by atoms with E-state index in [-0.39, 0.29) is 0 Å². The maximum atomic E-state index is 2.44. The second-order valence-electron chi connectivity index (χ2n) is 3.03. The Morgan fingerprint density at radius 2 is 1.62 bits per heavy atom. The van der Waals surface area contributed by atoms with E-state index in [1.54, 1.807) is 0 Å². The van der Waals surface area contributed by atoms with E-state index in [1.807, 2.05) is 0 Å². The third-order valence-corrected chi connectivity index (χ3v) is 3.03. The molecule has 0 atom stereocenters. The Hall–Kier alpha value is 0.690. The first kappa shape index (κ1) is 5.47. The van der Waals surface area contributed by atoms with Gasteiger partial charge < -0.3 is 0 Å². The third kappa shape index (κ3) is 0.778. The molecule has 2 saturated heterocycles. The summed E-state index contributed by atoms with van der Waals surface area (Å²) >= 11 is 2.44. The fraction of sp³-hybridized carbons (Fsp3) is 1.00. The summed E-state index contributed by atoms with van der Waals surface area (Å²) in [4.78, 5) is 0. The van der Waals surface area contributed by atoms with Gasteiger partial charge in [0.1, 0.15) is 0 Å². The van der Waals surface area contributed by atoms with Crippen molar-refractivity contribution in [1.29, 1.82) is 0 Å². The Labute approximate surface area is 63.9 Å². The van der Waals surface area contributed by atoms with E-state index in [0.29, 0.717) is 0 Å². The largest absolute Gasteiger partial charge is 0.247 e. The van der Waals surface area contributed by atoms with Crippen LogP contribution in [0.3, 0.4) is 0 Å². The van der Waals surface area contributed by atoms with E-state index in [0.717, 1.165) is 11.8 Å². The highest BCUT2D eigenvalue weighted by Gasteiger charge is 2.35. The standard InChI is InChI=1S/C6H10IN/c7-8-3-5-1-6(2-5)4-8/h5-6H,1-4H2. The van der Waals surface area contributed by atoms with Crippen LogP contribution in [0, 0.1) is 11.8 Å². The first-order valence-corrected chi connectivity index (χ1v) is 4.22. The monoisotopic (exact) mass is 223 g/mol. The number of hydrogen-bond donors (Lipinski definition) is 0. The van der Waals surface area contributed by atoms with Crippen LogP contribution in [-0.2, 0) is 0 Å². The van der Waals surface area contributed by atoms with Crippen molar-refractivity contribution in [3.63, 3.8) is 0 Å². The first-order valence-electron chi connectivity index (χ1n) is 3.25. The summed E-state index contributed by atoms with van der Waals surface area (Å²) in [6, 6.07) is 0. The van der Waals surface area contributed by atoms with E-state index in [4.69, 9.17) is 0 Å². The van der Waals surface area contributed by atoms with E-state index < -0.39 is 0 Å². The zero-order valence-corrected chi connectivity index (χ0v) is 6.97. The number of rotatable bonds is 0. The Balaban J connectivity index is 1.97. The first-order chi connectivity index (χ1) is 3.84. The fourth-order valence-corrected chi connectivity index (χ4v) is 2.92. The molecule has 1 aliphatic carbocycles. The lowest BCUT2D eigenvalue weighted by Crippen LogP contribution is -2.43. The summed E-state index contributed by atoms with van der Waals surface area (Å²) in [6.45, 7) is 2.72. The van der Waals surface area contributed by atoms with Crippen LogP contribution >= 0.6 is 22.9 Å². The lowest BCUT2D eigenvalue weighted by atomic mass is 9.72. The van der Waals surface area contributed by atoms with Crippen LogP contribution in [0.4, 0.5) is 0 Å². The lowest BCUT2D eigenvalue weighted by Gasteiger charge is -2.44. The second-order valence-corrected chi connectivity index (χ2v) is 4.40. The van der Waals surface area contributed by atoms with Crippen LogP contribution in [0.15, 0.2) is 0 Å². The van der Waals surface area contributed by atoms with E-state index in [9.17, 15) is 0 Å². The summed E-state index contributed by atoms with van der Waals surface area (Å²) in [5.74, 6) is 2.15. The summed E-state index contributed by atoms with van der Waals surface area (Å²) in [6.07, 6.45) is 3.05. The zero-order chi connectivity index (χ0) is 5.56. The van der Waals surface area contributed by atoms with Crippen molar-refractivity contribution >= 4 is 22.9 Å². The minimum Gasteiger partial charge on any atom is -0.247 e. The van der Waals surface area contributed by atoms with Crippen LogP contribution in [0.2, 0.25) is 0 Å². The van der Waals surface area contributed by atoms with Gasteiger partial charge in [0.2, 0.25) is 0 Å². The van der Waals surface area contributed by atoms with Crippen molar-refractivity contribution < 1.29 is 0 Å². The number of nitrogens with zero attached hydrogens (tertiary/aromatic N) is 1. The molecule has 0 aromatic heterocycles. The summed E-state index contributed by atoms with van der Waals surface area (Å²) in [7, 11) is 0. The number of piperidine rings is 2. The predicted molar refractivity (Wildman–Crippen MR) is 41.8 cm³/mol. The molecule has 0 unspecified atom stereocenters. The summed E-state index contributed by atoms with van der Waals surface area (Å²) < 4.78 is 2.43. The molecule has 3 fully saturated rings. The van der Waals surface area contributed by atoms with Crippen molar-refractivity contribution in [2.24, 2.45) is 11.8 Å². The second kappa shape index (κ2) is 1.84. The van der Waals surface area contributed by atoms with Crippen molar-refractivity contribution in [3.05, 3.63) is 0 Å². The van der Waals surface area contributed by atoms with Crippen LogP contribution in [0.5, 0.6) is 0 Å². The van der Waals surface area contributed by atoms with E-state index in [2.05, 4.69) is 26.0 Å². The highest BCUT2D eigenvalue weighted by molar-refractivity contribution is 14.1. The average molecular weight is 223 g/mol. The van der Waals surface area contributed by atoms with Crippen LogP contribution in [0.25, 0.3) is 0 Å². The van der Waals surface area contributed by atoms with Crippen molar-refractivity contribution in [1.82, 2.24) is 3.11 Å². The molecule has 2 aliphatic heterocycles. The highest BCUT2D eigenvalue weighted by atomic mass is 127. The Morgan fingerprint density at radius 1 is 1.12 bits per heavy atom. The van der Waals surface area contributed by atoms with Gasteiger partial charge >= 0.3 is 0 Å². The molecule has 1 nitrogen and oxygen atoms in total. The van der Waals surface area contributed by atoms with Gasteiger partial charge in [-0.15, -0.1) is 0 Å². The normalized spacial score (nSPS) is 46.1. The molecule has 0 radical (unpaired) electrons. The van der Waals surface area contributed by atoms with Gasteiger partial charge in [0, 0.05) is 36.0 Å². The smallest absolute Gasteiger partial charge is 0.0201 e. The molecular weight excluding hydrogens is 213 g/mol. The van der Waals surface area contributed by atoms with Gasteiger partial charge in [-0.05, 0) is 24.7 Å². The maximum absolute atomic E-state index is 2.44. The number of halogens is 1. The van der Waals surface area contributed by atoms with Crippen LogP contribution in [0.1, 0.15) is 12.8 Å². The minimum atomic E-state index is 1.07. The van der Waals surface area contributed by atoms with Gasteiger partial charge in [0.05, 0.1) is 0 Å². The molecule has 2 heteroatoms. The van der Waals surface area contributed by atoms with E-state index in [1.165, 1.54) is 25.9 Å².